The minimum atomic E-state index is -1.52. The average Bonchev–Trinajstić information content (AvgIpc) is 2.77. The van der Waals surface area contributed by atoms with Crippen LogP contribution in [0.25, 0.3) is 0 Å². The third kappa shape index (κ3) is 11.7. The maximum atomic E-state index is 13.1. The van der Waals surface area contributed by atoms with Crippen molar-refractivity contribution in [2.45, 2.75) is 77.5 Å². The fourth-order valence-corrected chi connectivity index (χ4v) is 3.59. The molecular weight excluding hydrogens is 484 g/mol. The molecule has 206 valence electrons. The molecule has 4 atom stereocenters. The molecule has 1 aromatic carbocycles. The Labute approximate surface area is 216 Å². The first-order valence-electron chi connectivity index (χ1n) is 12.1. The second-order valence-electron chi connectivity index (χ2n) is 9.86. The zero-order valence-corrected chi connectivity index (χ0v) is 21.6. The van der Waals surface area contributed by atoms with E-state index >= 15 is 0 Å². The van der Waals surface area contributed by atoms with Gasteiger partial charge in [0, 0.05) is 6.42 Å². The lowest BCUT2D eigenvalue weighted by Gasteiger charge is -2.25. The molecule has 0 radical (unpaired) electrons. The van der Waals surface area contributed by atoms with Crippen molar-refractivity contribution in [2.24, 2.45) is 17.6 Å². The third-order valence-corrected chi connectivity index (χ3v) is 5.40. The zero-order valence-electron chi connectivity index (χ0n) is 21.6. The lowest BCUT2D eigenvalue weighted by molar-refractivity contribution is -0.143. The Morgan fingerprint density at radius 3 is 1.73 bits per heavy atom. The third-order valence-electron chi connectivity index (χ3n) is 5.40. The Kier molecular flexibility index (Phi) is 12.5. The molecule has 4 unspecified atom stereocenters. The number of amides is 3. The summed E-state index contributed by atoms with van der Waals surface area (Å²) in [6.45, 7) is 7.29. The molecule has 0 aliphatic heterocycles. The van der Waals surface area contributed by atoms with Gasteiger partial charge in [0.05, 0.1) is 12.5 Å². The fraction of sp³-hybridized carbons (Fsp3) is 0.560. The van der Waals surface area contributed by atoms with Gasteiger partial charge < -0.3 is 37.0 Å². The van der Waals surface area contributed by atoms with E-state index in [0.29, 0.717) is 12.0 Å². The van der Waals surface area contributed by atoms with Crippen molar-refractivity contribution < 1.29 is 39.3 Å². The predicted octanol–water partition coefficient (Wildman–Crippen LogP) is 0.368. The maximum Gasteiger partial charge on any atom is 0.326 e. The first-order valence-corrected chi connectivity index (χ1v) is 12.1. The molecule has 8 N–H and O–H groups in total. The molecule has 0 spiro atoms. The Balaban J connectivity index is 3.17. The summed E-state index contributed by atoms with van der Waals surface area (Å²) in [5, 5.41) is 35.5. The second-order valence-corrected chi connectivity index (χ2v) is 9.86. The van der Waals surface area contributed by atoms with Gasteiger partial charge in [0.1, 0.15) is 23.9 Å². The molecule has 0 bridgehead atoms. The van der Waals surface area contributed by atoms with Gasteiger partial charge >= 0.3 is 11.9 Å². The highest BCUT2D eigenvalue weighted by Gasteiger charge is 2.32. The molecule has 0 fully saturated rings. The molecule has 12 nitrogen and oxygen atoms in total. The number of rotatable bonds is 15. The SMILES string of the molecule is CC(C)CC(N)C(=O)NC(CC(=O)O)C(=O)NC(Cc1ccc(O)cc1)C(=O)NC(CC(C)C)C(=O)O. The Bertz CT molecular complexity index is 949. The quantitative estimate of drug-likeness (QED) is 0.169. The number of phenolic OH excluding ortho intramolecular Hbond substituents is 1. The van der Waals surface area contributed by atoms with E-state index in [9.17, 15) is 39.3 Å². The van der Waals surface area contributed by atoms with Crippen LogP contribution in [0.15, 0.2) is 24.3 Å². The minimum Gasteiger partial charge on any atom is -0.508 e. The van der Waals surface area contributed by atoms with Gasteiger partial charge in [0.15, 0.2) is 0 Å². The number of aliphatic carboxylic acids is 2. The normalized spacial score (nSPS) is 14.4. The van der Waals surface area contributed by atoms with E-state index in [0.717, 1.165) is 0 Å². The number of carbonyl (C=O) groups is 5. The van der Waals surface area contributed by atoms with Crippen LogP contribution in [0.1, 0.15) is 52.5 Å². The Morgan fingerprint density at radius 2 is 1.24 bits per heavy atom. The van der Waals surface area contributed by atoms with Crippen LogP contribution in [0.3, 0.4) is 0 Å². The summed E-state index contributed by atoms with van der Waals surface area (Å²) in [6.07, 6.45) is -0.394. The molecule has 0 aliphatic carbocycles. The van der Waals surface area contributed by atoms with Crippen molar-refractivity contribution in [3.05, 3.63) is 29.8 Å². The van der Waals surface area contributed by atoms with E-state index < -0.39 is 60.2 Å². The van der Waals surface area contributed by atoms with Gasteiger partial charge in [0.2, 0.25) is 17.7 Å². The highest BCUT2D eigenvalue weighted by atomic mass is 16.4. The lowest BCUT2D eigenvalue weighted by Crippen LogP contribution is -2.58. The summed E-state index contributed by atoms with van der Waals surface area (Å²) < 4.78 is 0. The molecule has 0 saturated carbocycles. The number of nitrogens with two attached hydrogens (primary N) is 1. The fourth-order valence-electron chi connectivity index (χ4n) is 3.59. The highest BCUT2D eigenvalue weighted by molar-refractivity contribution is 5.95. The van der Waals surface area contributed by atoms with E-state index in [-0.39, 0.29) is 30.4 Å². The minimum absolute atomic E-state index is 0.0152. The van der Waals surface area contributed by atoms with Crippen LogP contribution < -0.4 is 21.7 Å². The topological polar surface area (TPSA) is 208 Å². The lowest BCUT2D eigenvalue weighted by atomic mass is 10.0. The largest absolute Gasteiger partial charge is 0.508 e. The van der Waals surface area contributed by atoms with Crippen molar-refractivity contribution in [2.75, 3.05) is 0 Å². The first-order chi connectivity index (χ1) is 17.2. The summed E-state index contributed by atoms with van der Waals surface area (Å²) in [5.74, 6) is -5.03. The van der Waals surface area contributed by atoms with Gasteiger partial charge in [-0.15, -0.1) is 0 Å². The van der Waals surface area contributed by atoms with Gasteiger partial charge in [-0.05, 0) is 42.4 Å². The average molecular weight is 523 g/mol. The summed E-state index contributed by atoms with van der Waals surface area (Å²) >= 11 is 0. The molecule has 0 aromatic heterocycles. The smallest absolute Gasteiger partial charge is 0.326 e. The first kappa shape index (κ1) is 31.4. The van der Waals surface area contributed by atoms with Gasteiger partial charge in [-0.2, -0.15) is 0 Å². The van der Waals surface area contributed by atoms with Crippen molar-refractivity contribution in [1.82, 2.24) is 16.0 Å². The highest BCUT2D eigenvalue weighted by Crippen LogP contribution is 2.13. The van der Waals surface area contributed by atoms with Crippen molar-refractivity contribution >= 4 is 29.7 Å². The van der Waals surface area contributed by atoms with E-state index in [1.807, 2.05) is 13.8 Å². The number of carboxylic acid groups (broad SMARTS) is 2. The van der Waals surface area contributed by atoms with Crippen LogP contribution >= 0.6 is 0 Å². The van der Waals surface area contributed by atoms with E-state index in [1.165, 1.54) is 24.3 Å². The molecule has 0 aliphatic rings. The monoisotopic (exact) mass is 522 g/mol. The Hall–Kier alpha value is -3.67. The van der Waals surface area contributed by atoms with Crippen LogP contribution in [0.5, 0.6) is 5.75 Å². The molecule has 0 heterocycles. The van der Waals surface area contributed by atoms with Crippen molar-refractivity contribution in [3.63, 3.8) is 0 Å². The number of benzene rings is 1. The number of phenols is 1. The molecule has 1 rings (SSSR count). The molecule has 3 amide bonds. The number of carboxylic acids is 2. The van der Waals surface area contributed by atoms with Gasteiger partial charge in [-0.3, -0.25) is 19.2 Å². The standard InChI is InChI=1S/C25H38N4O8/c1-13(2)9-17(26)22(33)27-19(12-21(31)32)24(35)28-18(11-15-5-7-16(30)8-6-15)23(34)29-20(25(36)37)10-14(3)4/h5-8,13-14,17-20,30H,9-12,26H2,1-4H3,(H,27,33)(H,28,35)(H,29,34)(H,31,32)(H,36,37). The number of hydrogen-bond donors (Lipinski definition) is 7. The molecule has 0 saturated heterocycles. The second kappa shape index (κ2) is 14.8. The molecular formula is C25H38N4O8. The van der Waals surface area contributed by atoms with Gasteiger partial charge in [-0.1, -0.05) is 39.8 Å². The van der Waals surface area contributed by atoms with Crippen molar-refractivity contribution in [1.29, 1.82) is 0 Å². The summed E-state index contributed by atoms with van der Waals surface area (Å²) in [5.41, 5.74) is 6.39. The van der Waals surface area contributed by atoms with Crippen LogP contribution in [-0.2, 0) is 30.4 Å². The summed E-state index contributed by atoms with van der Waals surface area (Å²) in [6, 6.07) is 0.803. The van der Waals surface area contributed by atoms with Crippen LogP contribution in [0.2, 0.25) is 0 Å². The molecule has 1 aromatic rings. The number of carbonyl (C=O) groups excluding carboxylic acids is 3. The molecule has 12 heteroatoms. The van der Waals surface area contributed by atoms with Gasteiger partial charge in [0.25, 0.3) is 0 Å². The van der Waals surface area contributed by atoms with Crippen molar-refractivity contribution in [3.8, 4) is 5.75 Å². The van der Waals surface area contributed by atoms with Crippen LogP contribution in [-0.4, -0.2) is 69.1 Å². The predicted molar refractivity (Wildman–Crippen MR) is 134 cm³/mol. The maximum absolute atomic E-state index is 13.1. The number of nitrogens with one attached hydrogen (secondary N) is 3. The Morgan fingerprint density at radius 1 is 0.757 bits per heavy atom. The summed E-state index contributed by atoms with van der Waals surface area (Å²) in [4.78, 5) is 61.6. The summed E-state index contributed by atoms with van der Waals surface area (Å²) in [7, 11) is 0. The van der Waals surface area contributed by atoms with E-state index in [2.05, 4.69) is 16.0 Å². The zero-order chi connectivity index (χ0) is 28.3. The van der Waals surface area contributed by atoms with E-state index in [1.54, 1.807) is 13.8 Å². The van der Waals surface area contributed by atoms with Crippen LogP contribution in [0, 0.1) is 11.8 Å². The number of hydrogen-bond acceptors (Lipinski definition) is 7. The number of aromatic hydroxyl groups is 1. The molecule has 37 heavy (non-hydrogen) atoms. The van der Waals surface area contributed by atoms with E-state index in [4.69, 9.17) is 5.73 Å². The van der Waals surface area contributed by atoms with Crippen LogP contribution in [0.4, 0.5) is 0 Å². The van der Waals surface area contributed by atoms with Gasteiger partial charge in [-0.25, -0.2) is 4.79 Å².